The lowest BCUT2D eigenvalue weighted by molar-refractivity contribution is 0.0950. The van der Waals surface area contributed by atoms with E-state index >= 15 is 0 Å². The van der Waals surface area contributed by atoms with E-state index in [9.17, 15) is 9.59 Å². The molecule has 2 aromatic heterocycles. The molecule has 0 spiro atoms. The summed E-state index contributed by atoms with van der Waals surface area (Å²) in [6.45, 7) is 10.2. The van der Waals surface area contributed by atoms with Crippen molar-refractivity contribution in [3.05, 3.63) is 74.8 Å². The molecular formula is C27H34N4O3. The molecule has 3 aromatic rings. The molecule has 1 aromatic carbocycles. The number of pyridine rings is 2. The summed E-state index contributed by atoms with van der Waals surface area (Å²) in [4.78, 5) is 33.1. The number of benzene rings is 1. The van der Waals surface area contributed by atoms with Gasteiger partial charge in [-0.3, -0.25) is 9.59 Å². The van der Waals surface area contributed by atoms with Crippen LogP contribution in [0.1, 0.15) is 59.9 Å². The monoisotopic (exact) mass is 462 g/mol. The third kappa shape index (κ3) is 5.84. The number of carbonyl (C=O) groups excluding carboxylic acids is 1. The summed E-state index contributed by atoms with van der Waals surface area (Å²) in [5, 5.41) is 6.41. The molecule has 180 valence electrons. The highest BCUT2D eigenvalue weighted by Crippen LogP contribution is 2.29. The van der Waals surface area contributed by atoms with Gasteiger partial charge in [0.25, 0.3) is 11.5 Å². The maximum absolute atomic E-state index is 13.3. The number of anilines is 1. The van der Waals surface area contributed by atoms with Gasteiger partial charge in [-0.05, 0) is 75.1 Å². The quantitative estimate of drug-likeness (QED) is 0.426. The van der Waals surface area contributed by atoms with Crippen LogP contribution in [0.4, 0.5) is 5.69 Å². The van der Waals surface area contributed by atoms with E-state index in [4.69, 9.17) is 4.74 Å². The zero-order chi connectivity index (χ0) is 24.8. The molecule has 0 aliphatic rings. The molecule has 0 radical (unpaired) electrons. The summed E-state index contributed by atoms with van der Waals surface area (Å²) in [5.41, 5.74) is 6.28. The van der Waals surface area contributed by atoms with E-state index in [1.807, 2.05) is 38.1 Å². The SMILES string of the molecule is CCCc1cc(C)[nH]c(=O)c1CNC(=O)c1cc(-c2ccc(OC)nc2)cc(NC(C)C)c1C. The Labute approximate surface area is 201 Å². The van der Waals surface area contributed by atoms with Crippen LogP contribution in [0.25, 0.3) is 11.1 Å². The van der Waals surface area contributed by atoms with Crippen LogP contribution >= 0.6 is 0 Å². The number of aryl methyl sites for hydroxylation is 2. The summed E-state index contributed by atoms with van der Waals surface area (Å²) in [5.74, 6) is 0.301. The molecule has 0 bridgehead atoms. The predicted molar refractivity (Wildman–Crippen MR) is 137 cm³/mol. The molecule has 1 amide bonds. The van der Waals surface area contributed by atoms with Gasteiger partial charge < -0.3 is 20.4 Å². The lowest BCUT2D eigenvalue weighted by Gasteiger charge is -2.18. The van der Waals surface area contributed by atoms with E-state index < -0.39 is 0 Å². The summed E-state index contributed by atoms with van der Waals surface area (Å²) in [6, 6.07) is 9.79. The molecule has 0 aliphatic carbocycles. The molecule has 0 unspecified atom stereocenters. The maximum Gasteiger partial charge on any atom is 0.253 e. The molecule has 0 aliphatic heterocycles. The Balaban J connectivity index is 1.96. The normalized spacial score (nSPS) is 10.9. The van der Waals surface area contributed by atoms with Crippen molar-refractivity contribution in [1.29, 1.82) is 0 Å². The van der Waals surface area contributed by atoms with Crippen molar-refractivity contribution < 1.29 is 9.53 Å². The van der Waals surface area contributed by atoms with Gasteiger partial charge in [0.15, 0.2) is 0 Å². The van der Waals surface area contributed by atoms with Crippen molar-refractivity contribution >= 4 is 11.6 Å². The molecule has 34 heavy (non-hydrogen) atoms. The minimum atomic E-state index is -0.227. The molecule has 7 nitrogen and oxygen atoms in total. The number of amides is 1. The van der Waals surface area contributed by atoms with E-state index in [1.54, 1.807) is 19.4 Å². The Morgan fingerprint density at radius 2 is 1.91 bits per heavy atom. The summed E-state index contributed by atoms with van der Waals surface area (Å²) >= 11 is 0. The molecule has 0 saturated heterocycles. The number of aromatic amines is 1. The van der Waals surface area contributed by atoms with Gasteiger partial charge in [0.2, 0.25) is 5.88 Å². The number of rotatable bonds is 9. The smallest absolute Gasteiger partial charge is 0.253 e. The van der Waals surface area contributed by atoms with Crippen LogP contribution in [0.15, 0.2) is 41.3 Å². The van der Waals surface area contributed by atoms with Crippen LogP contribution in [0.3, 0.4) is 0 Å². The van der Waals surface area contributed by atoms with Crippen LogP contribution in [0.2, 0.25) is 0 Å². The van der Waals surface area contributed by atoms with Crippen molar-refractivity contribution in [2.75, 3.05) is 12.4 Å². The number of hydrogen-bond donors (Lipinski definition) is 3. The van der Waals surface area contributed by atoms with E-state index in [2.05, 4.69) is 41.4 Å². The number of nitrogens with zero attached hydrogens (tertiary/aromatic N) is 1. The highest BCUT2D eigenvalue weighted by atomic mass is 16.5. The maximum atomic E-state index is 13.3. The van der Waals surface area contributed by atoms with E-state index in [0.717, 1.165) is 46.5 Å². The lowest BCUT2D eigenvalue weighted by Crippen LogP contribution is -2.29. The van der Waals surface area contributed by atoms with Crippen molar-refractivity contribution in [2.24, 2.45) is 0 Å². The van der Waals surface area contributed by atoms with Gasteiger partial charge in [-0.1, -0.05) is 13.3 Å². The van der Waals surface area contributed by atoms with E-state index in [0.29, 0.717) is 17.0 Å². The zero-order valence-corrected chi connectivity index (χ0v) is 20.8. The van der Waals surface area contributed by atoms with Gasteiger partial charge in [0.05, 0.1) is 7.11 Å². The topological polar surface area (TPSA) is 96.1 Å². The fourth-order valence-corrected chi connectivity index (χ4v) is 3.98. The average molecular weight is 463 g/mol. The molecule has 0 saturated carbocycles. The Bertz CT molecular complexity index is 1210. The number of H-pyrrole nitrogens is 1. The Kier molecular flexibility index (Phi) is 8.10. The van der Waals surface area contributed by atoms with Crippen LogP contribution < -0.4 is 20.9 Å². The van der Waals surface area contributed by atoms with Crippen LogP contribution in [0.5, 0.6) is 5.88 Å². The number of methoxy groups -OCH3 is 1. The molecule has 0 atom stereocenters. The van der Waals surface area contributed by atoms with Crippen LogP contribution in [-0.2, 0) is 13.0 Å². The fourth-order valence-electron chi connectivity index (χ4n) is 3.98. The van der Waals surface area contributed by atoms with Gasteiger partial charge in [-0.15, -0.1) is 0 Å². The first-order valence-corrected chi connectivity index (χ1v) is 11.6. The van der Waals surface area contributed by atoms with Crippen LogP contribution in [-0.4, -0.2) is 29.0 Å². The third-order valence-corrected chi connectivity index (χ3v) is 5.68. The first-order chi connectivity index (χ1) is 16.2. The van der Waals surface area contributed by atoms with Gasteiger partial charge in [-0.25, -0.2) is 4.98 Å². The van der Waals surface area contributed by atoms with Crippen molar-refractivity contribution in [3.63, 3.8) is 0 Å². The second-order valence-corrected chi connectivity index (χ2v) is 8.80. The zero-order valence-electron chi connectivity index (χ0n) is 20.8. The van der Waals surface area contributed by atoms with E-state index in [-0.39, 0.29) is 24.1 Å². The molecule has 3 N–H and O–H groups in total. The molecule has 7 heteroatoms. The Hall–Kier alpha value is -3.61. The minimum Gasteiger partial charge on any atom is -0.481 e. The highest BCUT2D eigenvalue weighted by Gasteiger charge is 2.17. The number of ether oxygens (including phenoxy) is 1. The van der Waals surface area contributed by atoms with Crippen molar-refractivity contribution in [3.8, 4) is 17.0 Å². The minimum absolute atomic E-state index is 0.152. The second-order valence-electron chi connectivity index (χ2n) is 8.80. The van der Waals surface area contributed by atoms with E-state index in [1.165, 1.54) is 0 Å². The van der Waals surface area contributed by atoms with Gasteiger partial charge >= 0.3 is 0 Å². The summed E-state index contributed by atoms with van der Waals surface area (Å²) in [6.07, 6.45) is 3.44. The highest BCUT2D eigenvalue weighted by molar-refractivity contribution is 5.98. The first-order valence-electron chi connectivity index (χ1n) is 11.6. The van der Waals surface area contributed by atoms with Gasteiger partial charge in [-0.2, -0.15) is 0 Å². The Morgan fingerprint density at radius 1 is 1.15 bits per heavy atom. The number of carbonyl (C=O) groups is 1. The average Bonchev–Trinajstić information content (AvgIpc) is 2.79. The van der Waals surface area contributed by atoms with Crippen molar-refractivity contribution in [1.82, 2.24) is 15.3 Å². The summed E-state index contributed by atoms with van der Waals surface area (Å²) in [7, 11) is 1.58. The lowest BCUT2D eigenvalue weighted by atomic mass is 9.97. The molecule has 2 heterocycles. The predicted octanol–water partition coefficient (Wildman–Crippen LogP) is 4.77. The van der Waals surface area contributed by atoms with Gasteiger partial charge in [0.1, 0.15) is 0 Å². The number of aromatic nitrogens is 2. The fraction of sp³-hybridized carbons (Fsp3) is 0.370. The third-order valence-electron chi connectivity index (χ3n) is 5.68. The first kappa shape index (κ1) is 25.0. The second kappa shape index (κ2) is 11.0. The largest absolute Gasteiger partial charge is 0.481 e. The van der Waals surface area contributed by atoms with Gasteiger partial charge in [0, 0.05) is 52.9 Å². The number of nitrogens with one attached hydrogen (secondary N) is 3. The molecule has 0 fully saturated rings. The Morgan fingerprint density at radius 3 is 2.53 bits per heavy atom. The van der Waals surface area contributed by atoms with Crippen molar-refractivity contribution in [2.45, 2.75) is 60.0 Å². The molecule has 3 rings (SSSR count). The number of hydrogen-bond acceptors (Lipinski definition) is 5. The van der Waals surface area contributed by atoms with Crippen LogP contribution in [0, 0.1) is 13.8 Å². The molecular weight excluding hydrogens is 428 g/mol. The summed E-state index contributed by atoms with van der Waals surface area (Å²) < 4.78 is 5.16. The standard InChI is InChI=1S/C27H34N4O3/c1-7-8-19-11-17(4)31-27(33)23(19)15-29-26(32)22-12-21(13-24(18(22)5)30-16(2)3)20-9-10-25(34-6)28-14-20/h9-14,16,30H,7-8,15H2,1-6H3,(H,29,32)(H,31,33).